The van der Waals surface area contributed by atoms with Gasteiger partial charge in [-0.2, -0.15) is 0 Å². The van der Waals surface area contributed by atoms with Crippen molar-refractivity contribution < 1.29 is 5.11 Å². The van der Waals surface area contributed by atoms with Gasteiger partial charge in [0.2, 0.25) is 0 Å². The number of halogens is 1. The summed E-state index contributed by atoms with van der Waals surface area (Å²) >= 11 is 0. The first-order valence-corrected chi connectivity index (χ1v) is 7.30. The molecule has 3 atom stereocenters. The molecule has 1 aliphatic carbocycles. The molecule has 1 aliphatic rings. The fourth-order valence-electron chi connectivity index (χ4n) is 3.12. The Morgan fingerprint density at radius 1 is 0.905 bits per heavy atom. The maximum atomic E-state index is 9.71. The van der Waals surface area contributed by atoms with Crippen molar-refractivity contribution in [1.82, 2.24) is 0 Å². The molecule has 3 N–H and O–H groups in total. The maximum absolute atomic E-state index is 9.71. The van der Waals surface area contributed by atoms with Crippen LogP contribution in [0.25, 0.3) is 11.1 Å². The Morgan fingerprint density at radius 3 is 2.10 bits per heavy atom. The van der Waals surface area contributed by atoms with E-state index in [-0.39, 0.29) is 24.6 Å². The van der Waals surface area contributed by atoms with E-state index in [1.807, 2.05) is 6.07 Å². The second-order valence-electron chi connectivity index (χ2n) is 5.84. The highest BCUT2D eigenvalue weighted by atomic mass is 35.5. The van der Waals surface area contributed by atoms with Crippen molar-refractivity contribution in [2.45, 2.75) is 31.4 Å². The van der Waals surface area contributed by atoms with E-state index in [1.54, 1.807) is 0 Å². The van der Waals surface area contributed by atoms with E-state index in [1.165, 1.54) is 16.7 Å². The van der Waals surface area contributed by atoms with E-state index < -0.39 is 0 Å². The van der Waals surface area contributed by atoms with Crippen molar-refractivity contribution in [1.29, 1.82) is 0 Å². The van der Waals surface area contributed by atoms with Gasteiger partial charge in [0.15, 0.2) is 0 Å². The lowest BCUT2D eigenvalue weighted by Gasteiger charge is -2.10. The smallest absolute Gasteiger partial charge is 0.0693 e. The summed E-state index contributed by atoms with van der Waals surface area (Å²) in [5.41, 5.74) is 9.70. The Bertz CT molecular complexity index is 545. The van der Waals surface area contributed by atoms with E-state index >= 15 is 0 Å². The highest BCUT2D eigenvalue weighted by molar-refractivity contribution is 5.85. The van der Waals surface area contributed by atoms with Crippen LogP contribution < -0.4 is 5.73 Å². The average Bonchev–Trinajstić information content (AvgIpc) is 2.79. The molecule has 1 saturated carbocycles. The lowest BCUT2D eigenvalue weighted by atomic mass is 9.96. The molecule has 3 rings (SSSR count). The summed E-state index contributed by atoms with van der Waals surface area (Å²) in [6, 6.07) is 19.1. The fourth-order valence-corrected chi connectivity index (χ4v) is 3.12. The van der Waals surface area contributed by atoms with Gasteiger partial charge >= 0.3 is 0 Å². The van der Waals surface area contributed by atoms with Crippen molar-refractivity contribution in [3.8, 4) is 11.1 Å². The SMILES string of the molecule is Cl.N[C@H]1C[C@@H](Cc2ccc(-c3ccccc3)cc2)C[C@@H]1O. The van der Waals surface area contributed by atoms with Crippen LogP contribution in [-0.4, -0.2) is 17.3 Å². The molecule has 0 aromatic heterocycles. The number of rotatable bonds is 3. The van der Waals surface area contributed by atoms with Crippen LogP contribution >= 0.6 is 12.4 Å². The Balaban J connectivity index is 0.00000161. The van der Waals surface area contributed by atoms with Gasteiger partial charge in [0.25, 0.3) is 0 Å². The second-order valence-corrected chi connectivity index (χ2v) is 5.84. The van der Waals surface area contributed by atoms with E-state index in [2.05, 4.69) is 48.5 Å². The third-order valence-electron chi connectivity index (χ3n) is 4.26. The fraction of sp³-hybridized carbons (Fsp3) is 0.333. The van der Waals surface area contributed by atoms with Crippen LogP contribution in [0.15, 0.2) is 54.6 Å². The topological polar surface area (TPSA) is 46.2 Å². The van der Waals surface area contributed by atoms with Crippen LogP contribution in [-0.2, 0) is 6.42 Å². The van der Waals surface area contributed by atoms with Gasteiger partial charge in [0, 0.05) is 6.04 Å². The first-order valence-electron chi connectivity index (χ1n) is 7.30. The van der Waals surface area contributed by atoms with Crippen LogP contribution in [0.2, 0.25) is 0 Å². The minimum absolute atomic E-state index is 0. The van der Waals surface area contributed by atoms with E-state index in [0.717, 1.165) is 19.3 Å². The molecule has 0 spiro atoms. The van der Waals surface area contributed by atoms with E-state index in [0.29, 0.717) is 5.92 Å². The molecular formula is C18H22ClNO. The lowest BCUT2D eigenvalue weighted by molar-refractivity contribution is 0.161. The van der Waals surface area contributed by atoms with Gasteiger partial charge in [-0.05, 0) is 41.9 Å². The van der Waals surface area contributed by atoms with Crippen molar-refractivity contribution >= 4 is 12.4 Å². The minimum atomic E-state index is -0.316. The zero-order chi connectivity index (χ0) is 13.9. The Morgan fingerprint density at radius 2 is 1.52 bits per heavy atom. The predicted octanol–water partition coefficient (Wildman–Crippen LogP) is 3.42. The average molecular weight is 304 g/mol. The summed E-state index contributed by atoms with van der Waals surface area (Å²) in [6.07, 6.45) is 2.46. The Hall–Kier alpha value is -1.35. The summed E-state index contributed by atoms with van der Waals surface area (Å²) < 4.78 is 0. The third-order valence-corrected chi connectivity index (χ3v) is 4.26. The van der Waals surface area contributed by atoms with Crippen molar-refractivity contribution in [2.24, 2.45) is 11.7 Å². The van der Waals surface area contributed by atoms with Crippen LogP contribution in [0.3, 0.4) is 0 Å². The first-order chi connectivity index (χ1) is 9.72. The van der Waals surface area contributed by atoms with Crippen LogP contribution in [0.4, 0.5) is 0 Å². The zero-order valence-corrected chi connectivity index (χ0v) is 12.8. The lowest BCUT2D eigenvalue weighted by Crippen LogP contribution is -2.28. The Kier molecular flexibility index (Phi) is 5.40. The number of hydrogen-bond acceptors (Lipinski definition) is 2. The third kappa shape index (κ3) is 3.85. The van der Waals surface area contributed by atoms with Crippen molar-refractivity contribution in [3.05, 3.63) is 60.2 Å². The molecule has 2 aromatic rings. The number of hydrogen-bond donors (Lipinski definition) is 2. The maximum Gasteiger partial charge on any atom is 0.0693 e. The number of benzene rings is 2. The molecule has 1 fully saturated rings. The van der Waals surface area contributed by atoms with Crippen molar-refractivity contribution in [3.63, 3.8) is 0 Å². The normalized spacial score (nSPS) is 24.6. The number of aliphatic hydroxyl groups excluding tert-OH is 1. The van der Waals surface area contributed by atoms with Gasteiger partial charge in [0.05, 0.1) is 6.10 Å². The van der Waals surface area contributed by atoms with Crippen LogP contribution in [0, 0.1) is 5.92 Å². The molecule has 0 amide bonds. The monoisotopic (exact) mass is 303 g/mol. The molecule has 0 unspecified atom stereocenters. The summed E-state index contributed by atoms with van der Waals surface area (Å²) in [7, 11) is 0. The minimum Gasteiger partial charge on any atom is -0.392 e. The summed E-state index contributed by atoms with van der Waals surface area (Å²) in [5.74, 6) is 0.516. The van der Waals surface area contributed by atoms with Crippen molar-refractivity contribution in [2.75, 3.05) is 0 Å². The molecule has 0 heterocycles. The molecule has 0 radical (unpaired) electrons. The second kappa shape index (κ2) is 7.08. The summed E-state index contributed by atoms with van der Waals surface area (Å²) in [5, 5.41) is 9.71. The number of nitrogens with two attached hydrogens (primary N) is 1. The molecule has 2 nitrogen and oxygen atoms in total. The van der Waals surface area contributed by atoms with Gasteiger partial charge in [0.1, 0.15) is 0 Å². The van der Waals surface area contributed by atoms with Gasteiger partial charge in [-0.1, -0.05) is 54.6 Å². The highest BCUT2D eigenvalue weighted by Gasteiger charge is 2.29. The standard InChI is InChI=1S/C18H21NO.ClH/c19-17-11-14(12-18(17)20)10-13-6-8-16(9-7-13)15-4-2-1-3-5-15;/h1-9,14,17-18,20H,10-12,19H2;1H/t14-,17+,18+;/m1./s1. The first kappa shape index (κ1) is 16.0. The molecule has 21 heavy (non-hydrogen) atoms. The van der Waals surface area contributed by atoms with E-state index in [9.17, 15) is 5.11 Å². The molecule has 3 heteroatoms. The molecule has 0 saturated heterocycles. The van der Waals surface area contributed by atoms with Crippen LogP contribution in [0.5, 0.6) is 0 Å². The summed E-state index contributed by atoms with van der Waals surface area (Å²) in [6.45, 7) is 0. The molecule has 0 bridgehead atoms. The van der Waals surface area contributed by atoms with Gasteiger partial charge in [-0.3, -0.25) is 0 Å². The quantitative estimate of drug-likeness (QED) is 0.912. The Labute approximate surface area is 132 Å². The largest absolute Gasteiger partial charge is 0.392 e. The zero-order valence-electron chi connectivity index (χ0n) is 12.0. The van der Waals surface area contributed by atoms with Gasteiger partial charge in [-0.15, -0.1) is 12.4 Å². The molecular weight excluding hydrogens is 282 g/mol. The number of aliphatic hydroxyl groups is 1. The molecule has 2 aromatic carbocycles. The van der Waals surface area contributed by atoms with E-state index in [4.69, 9.17) is 5.73 Å². The van der Waals surface area contributed by atoms with Gasteiger partial charge in [-0.25, -0.2) is 0 Å². The van der Waals surface area contributed by atoms with Gasteiger partial charge < -0.3 is 10.8 Å². The predicted molar refractivity (Wildman–Crippen MR) is 89.5 cm³/mol. The molecule has 0 aliphatic heterocycles. The molecule has 112 valence electrons. The highest BCUT2D eigenvalue weighted by Crippen LogP contribution is 2.28. The van der Waals surface area contributed by atoms with Crippen LogP contribution in [0.1, 0.15) is 18.4 Å². The summed E-state index contributed by atoms with van der Waals surface area (Å²) in [4.78, 5) is 0.